The summed E-state index contributed by atoms with van der Waals surface area (Å²) in [7, 11) is 1.72. The number of alkyl halides is 2. The number of rotatable bonds is 8. The maximum absolute atomic E-state index is 15.3. The summed E-state index contributed by atoms with van der Waals surface area (Å²) in [5, 5.41) is 5.97. The SMILES string of the molecule is CN[C@@H](C)C(=O)N[C@H](C(=O)N1CCC[C@H]1c1cccc(C(F)(F)c2ccccc2)c1)C1CCCCC1. The Bertz CT molecular complexity index is 1040. The van der Waals surface area contributed by atoms with E-state index in [4.69, 9.17) is 0 Å². The highest BCUT2D eigenvalue weighted by Crippen LogP contribution is 2.39. The lowest BCUT2D eigenvalue weighted by atomic mass is 9.83. The van der Waals surface area contributed by atoms with Crippen LogP contribution in [-0.2, 0) is 15.5 Å². The summed E-state index contributed by atoms with van der Waals surface area (Å²) in [5.74, 6) is -3.33. The number of carbonyl (C=O) groups excluding carboxylic acids is 2. The van der Waals surface area contributed by atoms with Crippen molar-refractivity contribution in [2.24, 2.45) is 5.92 Å². The fraction of sp³-hybridized carbons (Fsp3) is 0.517. The third-order valence-electron chi connectivity index (χ3n) is 7.82. The minimum absolute atomic E-state index is 0.0553. The van der Waals surface area contributed by atoms with Crippen LogP contribution >= 0.6 is 0 Å². The van der Waals surface area contributed by atoms with E-state index in [-0.39, 0.29) is 34.9 Å². The van der Waals surface area contributed by atoms with Crippen molar-refractivity contribution in [2.75, 3.05) is 13.6 Å². The first kappa shape index (κ1) is 26.3. The molecule has 0 bridgehead atoms. The Kier molecular flexibility index (Phi) is 8.39. The molecule has 0 radical (unpaired) electrons. The first-order valence-electron chi connectivity index (χ1n) is 13.1. The molecule has 0 aromatic heterocycles. The molecule has 1 saturated heterocycles. The van der Waals surface area contributed by atoms with Crippen molar-refractivity contribution in [1.29, 1.82) is 0 Å². The first-order chi connectivity index (χ1) is 17.3. The van der Waals surface area contributed by atoms with Gasteiger partial charge in [-0.1, -0.05) is 67.8 Å². The molecule has 2 N–H and O–H groups in total. The Morgan fingerprint density at radius 2 is 1.64 bits per heavy atom. The molecule has 1 aliphatic heterocycles. The second-order valence-electron chi connectivity index (χ2n) is 10.2. The average Bonchev–Trinajstić information content (AvgIpc) is 3.42. The van der Waals surface area contributed by atoms with Gasteiger partial charge in [-0.05, 0) is 57.2 Å². The van der Waals surface area contributed by atoms with Gasteiger partial charge < -0.3 is 15.5 Å². The van der Waals surface area contributed by atoms with Crippen molar-refractivity contribution in [1.82, 2.24) is 15.5 Å². The number of hydrogen-bond donors (Lipinski definition) is 2. The van der Waals surface area contributed by atoms with Crippen LogP contribution in [0.25, 0.3) is 0 Å². The molecule has 0 unspecified atom stereocenters. The zero-order chi connectivity index (χ0) is 25.7. The van der Waals surface area contributed by atoms with Gasteiger partial charge in [-0.25, -0.2) is 0 Å². The van der Waals surface area contributed by atoms with Crippen molar-refractivity contribution >= 4 is 11.8 Å². The second kappa shape index (κ2) is 11.5. The van der Waals surface area contributed by atoms with Crippen LogP contribution in [0.1, 0.15) is 74.6 Å². The monoisotopic (exact) mass is 497 g/mol. The molecule has 2 aromatic rings. The minimum atomic E-state index is -3.13. The van der Waals surface area contributed by atoms with Crippen LogP contribution in [0.5, 0.6) is 0 Å². The number of nitrogens with one attached hydrogen (secondary N) is 2. The van der Waals surface area contributed by atoms with Gasteiger partial charge in [0.2, 0.25) is 11.8 Å². The Morgan fingerprint density at radius 3 is 2.33 bits per heavy atom. The van der Waals surface area contributed by atoms with Gasteiger partial charge in [0, 0.05) is 17.7 Å². The molecule has 3 atom stereocenters. The van der Waals surface area contributed by atoms with Gasteiger partial charge in [0.15, 0.2) is 0 Å². The van der Waals surface area contributed by atoms with Gasteiger partial charge in [-0.2, -0.15) is 8.78 Å². The summed E-state index contributed by atoms with van der Waals surface area (Å²) in [4.78, 5) is 28.5. The Balaban J connectivity index is 1.59. The highest BCUT2D eigenvalue weighted by molar-refractivity contribution is 5.90. The van der Waals surface area contributed by atoms with Gasteiger partial charge >= 0.3 is 0 Å². The smallest absolute Gasteiger partial charge is 0.298 e. The van der Waals surface area contributed by atoms with E-state index in [0.717, 1.165) is 38.5 Å². The Labute approximate surface area is 212 Å². The van der Waals surface area contributed by atoms with Gasteiger partial charge in [0.05, 0.1) is 12.1 Å². The maximum Gasteiger partial charge on any atom is 0.298 e. The van der Waals surface area contributed by atoms with Crippen molar-refractivity contribution < 1.29 is 18.4 Å². The molecule has 7 heteroatoms. The molecule has 2 fully saturated rings. The largest absolute Gasteiger partial charge is 0.343 e. The Morgan fingerprint density at radius 1 is 0.944 bits per heavy atom. The Hall–Kier alpha value is -2.80. The molecule has 5 nitrogen and oxygen atoms in total. The van der Waals surface area contributed by atoms with Crippen molar-refractivity contribution in [3.63, 3.8) is 0 Å². The molecule has 194 valence electrons. The molecule has 36 heavy (non-hydrogen) atoms. The van der Waals surface area contributed by atoms with E-state index >= 15 is 8.78 Å². The van der Waals surface area contributed by atoms with Crippen molar-refractivity contribution in [2.45, 2.75) is 75.9 Å². The maximum atomic E-state index is 15.3. The van der Waals surface area contributed by atoms with E-state index in [1.807, 2.05) is 11.0 Å². The third kappa shape index (κ3) is 5.61. The van der Waals surface area contributed by atoms with Gasteiger partial charge in [-0.15, -0.1) is 0 Å². The summed E-state index contributed by atoms with van der Waals surface area (Å²) in [6, 6.07) is 13.0. The van der Waals surface area contributed by atoms with Crippen molar-refractivity contribution in [3.8, 4) is 0 Å². The molecular formula is C29H37F2N3O2. The number of likely N-dealkylation sites (N-methyl/N-ethyl adjacent to an activating group) is 1. The normalized spacial score (nSPS) is 20.7. The average molecular weight is 498 g/mol. The predicted octanol–water partition coefficient (Wildman–Crippen LogP) is 5.16. The van der Waals surface area contributed by atoms with Crippen LogP contribution in [0.15, 0.2) is 54.6 Å². The molecule has 2 amide bonds. The van der Waals surface area contributed by atoms with E-state index in [0.29, 0.717) is 18.5 Å². The van der Waals surface area contributed by atoms with Gasteiger partial charge in [0.25, 0.3) is 5.92 Å². The number of benzene rings is 2. The molecule has 2 aromatic carbocycles. The van der Waals surface area contributed by atoms with Crippen LogP contribution in [0.2, 0.25) is 0 Å². The van der Waals surface area contributed by atoms with Crippen molar-refractivity contribution in [3.05, 3.63) is 71.3 Å². The molecule has 4 rings (SSSR count). The van der Waals surface area contributed by atoms with Crippen LogP contribution in [0, 0.1) is 5.92 Å². The van der Waals surface area contributed by atoms with Crippen LogP contribution in [0.3, 0.4) is 0 Å². The molecule has 1 aliphatic carbocycles. The number of amides is 2. The third-order valence-corrected chi connectivity index (χ3v) is 7.82. The second-order valence-corrected chi connectivity index (χ2v) is 10.2. The summed E-state index contributed by atoms with van der Waals surface area (Å²) in [6.45, 7) is 2.33. The van der Waals surface area contributed by atoms with Gasteiger partial charge in [-0.3, -0.25) is 9.59 Å². The van der Waals surface area contributed by atoms with E-state index in [9.17, 15) is 9.59 Å². The van der Waals surface area contributed by atoms with Crippen LogP contribution < -0.4 is 10.6 Å². The molecule has 1 heterocycles. The topological polar surface area (TPSA) is 61.4 Å². The fourth-order valence-electron chi connectivity index (χ4n) is 5.57. The molecular weight excluding hydrogens is 460 g/mol. The zero-order valence-electron chi connectivity index (χ0n) is 21.2. The highest BCUT2D eigenvalue weighted by atomic mass is 19.3. The number of carbonyl (C=O) groups is 2. The number of hydrogen-bond acceptors (Lipinski definition) is 3. The lowest BCUT2D eigenvalue weighted by molar-refractivity contribution is -0.139. The van der Waals surface area contributed by atoms with E-state index in [1.165, 1.54) is 18.2 Å². The molecule has 0 spiro atoms. The zero-order valence-corrected chi connectivity index (χ0v) is 21.2. The standard InChI is InChI=1S/C29H37F2N3O2/c1-20(32-2)27(35)33-26(21-11-5-3-6-12-21)28(36)34-18-10-17-25(34)22-13-9-16-24(19-22)29(30,31)23-14-7-4-8-15-23/h4,7-9,13-16,19-21,25-26,32H,3,5-6,10-12,17-18H2,1-2H3,(H,33,35)/t20-,25-,26-/m0/s1. The van der Waals surface area contributed by atoms with Gasteiger partial charge in [0.1, 0.15) is 6.04 Å². The number of halogens is 2. The van der Waals surface area contributed by atoms with E-state index in [1.54, 1.807) is 44.3 Å². The lowest BCUT2D eigenvalue weighted by Crippen LogP contribution is -2.55. The summed E-state index contributed by atoms with van der Waals surface area (Å²) >= 11 is 0. The quantitative estimate of drug-likeness (QED) is 0.529. The predicted molar refractivity (Wildman–Crippen MR) is 137 cm³/mol. The highest BCUT2D eigenvalue weighted by Gasteiger charge is 2.40. The summed E-state index contributed by atoms with van der Waals surface area (Å²) in [5.41, 5.74) is 0.581. The summed E-state index contributed by atoms with van der Waals surface area (Å²) < 4.78 is 30.6. The molecule has 1 saturated carbocycles. The number of nitrogens with zero attached hydrogens (tertiary/aromatic N) is 1. The summed E-state index contributed by atoms with van der Waals surface area (Å²) in [6.07, 6.45) is 6.56. The lowest BCUT2D eigenvalue weighted by Gasteiger charge is -2.35. The van der Waals surface area contributed by atoms with Crippen LogP contribution in [-0.4, -0.2) is 42.4 Å². The van der Waals surface area contributed by atoms with Crippen LogP contribution in [0.4, 0.5) is 8.78 Å². The first-order valence-corrected chi connectivity index (χ1v) is 13.1. The van der Waals surface area contributed by atoms with E-state index < -0.39 is 18.0 Å². The molecule has 2 aliphatic rings. The minimum Gasteiger partial charge on any atom is -0.343 e. The number of likely N-dealkylation sites (tertiary alicyclic amines) is 1. The van der Waals surface area contributed by atoms with E-state index in [2.05, 4.69) is 10.6 Å². The fourth-order valence-corrected chi connectivity index (χ4v) is 5.57.